The van der Waals surface area contributed by atoms with Gasteiger partial charge in [-0.05, 0) is 24.8 Å². The first-order valence-corrected chi connectivity index (χ1v) is 6.76. The van der Waals surface area contributed by atoms with E-state index in [0.717, 1.165) is 24.0 Å². The van der Waals surface area contributed by atoms with Crippen LogP contribution in [-0.2, 0) is 6.54 Å². The maximum atomic E-state index is 5.03. The number of hydrogen-bond donors (Lipinski definition) is 2. The summed E-state index contributed by atoms with van der Waals surface area (Å²) in [5.41, 5.74) is 1.07. The first kappa shape index (κ1) is 17.0. The van der Waals surface area contributed by atoms with Crippen molar-refractivity contribution in [3.63, 3.8) is 0 Å². The van der Waals surface area contributed by atoms with Gasteiger partial charge in [0.15, 0.2) is 5.96 Å². The zero-order valence-electron chi connectivity index (χ0n) is 12.2. The molecule has 0 amide bonds. The fourth-order valence-electron chi connectivity index (χ4n) is 1.81. The van der Waals surface area contributed by atoms with Crippen LogP contribution >= 0.6 is 24.0 Å². The van der Waals surface area contributed by atoms with Crippen LogP contribution < -0.4 is 15.4 Å². The summed E-state index contributed by atoms with van der Waals surface area (Å²) >= 11 is 0. The molecule has 2 rings (SSSR count). The van der Waals surface area contributed by atoms with Gasteiger partial charge in [0.05, 0.1) is 13.7 Å². The molecule has 1 aliphatic carbocycles. The first-order valence-electron chi connectivity index (χ1n) is 6.76. The fraction of sp³-hybridized carbons (Fsp3) is 0.571. The van der Waals surface area contributed by atoms with Crippen LogP contribution in [0.1, 0.15) is 25.8 Å². The summed E-state index contributed by atoms with van der Waals surface area (Å²) in [6.07, 6.45) is 3.03. The van der Waals surface area contributed by atoms with E-state index in [9.17, 15) is 0 Å². The lowest BCUT2D eigenvalue weighted by molar-refractivity contribution is 0.397. The highest BCUT2D eigenvalue weighted by molar-refractivity contribution is 14.0. The molecule has 1 heterocycles. The van der Waals surface area contributed by atoms with E-state index in [-0.39, 0.29) is 24.0 Å². The normalized spacial score (nSPS) is 20.9. The average molecular weight is 390 g/mol. The van der Waals surface area contributed by atoms with Gasteiger partial charge in [-0.3, -0.25) is 0 Å². The minimum Gasteiger partial charge on any atom is -0.481 e. The molecule has 0 radical (unpaired) electrons. The second-order valence-corrected chi connectivity index (χ2v) is 4.87. The Bertz CT molecular complexity index is 435. The topological polar surface area (TPSA) is 58.5 Å². The predicted octanol–water partition coefficient (Wildman–Crippen LogP) is 2.17. The number of pyridine rings is 1. The summed E-state index contributed by atoms with van der Waals surface area (Å²) in [7, 11) is 1.62. The van der Waals surface area contributed by atoms with Crippen molar-refractivity contribution >= 4 is 29.9 Å². The Balaban J connectivity index is 0.00000200. The molecule has 6 heteroatoms. The van der Waals surface area contributed by atoms with Crippen LogP contribution in [0.15, 0.2) is 23.3 Å². The van der Waals surface area contributed by atoms with Crippen molar-refractivity contribution in [3.8, 4) is 5.88 Å². The number of guanidine groups is 1. The zero-order valence-corrected chi connectivity index (χ0v) is 14.5. The van der Waals surface area contributed by atoms with Crippen LogP contribution in [-0.4, -0.2) is 30.6 Å². The average Bonchev–Trinajstić information content (AvgIpc) is 3.12. The summed E-state index contributed by atoms with van der Waals surface area (Å²) < 4.78 is 5.03. The standard InChI is InChI=1S/C14H22N4O.HI/c1-4-15-14(18-12-7-10(12)2)17-9-11-5-6-13(19-3)16-8-11;/h5-6,8,10,12H,4,7,9H2,1-3H3,(H2,15,17,18);1H. The Morgan fingerprint density at radius 1 is 1.50 bits per heavy atom. The lowest BCUT2D eigenvalue weighted by Gasteiger charge is -2.10. The number of methoxy groups -OCH3 is 1. The number of nitrogens with zero attached hydrogens (tertiary/aromatic N) is 2. The first-order chi connectivity index (χ1) is 9.22. The second kappa shape index (κ2) is 8.28. The molecule has 0 aromatic carbocycles. The molecule has 0 bridgehead atoms. The minimum atomic E-state index is 0. The monoisotopic (exact) mass is 390 g/mol. The van der Waals surface area contributed by atoms with E-state index in [1.807, 2.05) is 12.1 Å². The molecule has 1 fully saturated rings. The summed E-state index contributed by atoms with van der Waals surface area (Å²) in [6, 6.07) is 4.42. The molecule has 0 aliphatic heterocycles. The molecule has 112 valence electrons. The molecule has 20 heavy (non-hydrogen) atoms. The maximum Gasteiger partial charge on any atom is 0.212 e. The molecule has 0 saturated heterocycles. The largest absolute Gasteiger partial charge is 0.481 e. The van der Waals surface area contributed by atoms with E-state index in [0.29, 0.717) is 18.5 Å². The van der Waals surface area contributed by atoms with E-state index in [2.05, 4.69) is 34.5 Å². The smallest absolute Gasteiger partial charge is 0.212 e. The van der Waals surface area contributed by atoms with Gasteiger partial charge in [0.2, 0.25) is 5.88 Å². The van der Waals surface area contributed by atoms with Gasteiger partial charge in [-0.1, -0.05) is 13.0 Å². The van der Waals surface area contributed by atoms with Crippen molar-refractivity contribution in [2.24, 2.45) is 10.9 Å². The summed E-state index contributed by atoms with van der Waals surface area (Å²) in [5.74, 6) is 2.27. The van der Waals surface area contributed by atoms with Crippen LogP contribution in [0, 0.1) is 5.92 Å². The zero-order chi connectivity index (χ0) is 13.7. The molecule has 5 nitrogen and oxygen atoms in total. The van der Waals surface area contributed by atoms with Gasteiger partial charge >= 0.3 is 0 Å². The molecular formula is C14H23IN4O. The number of ether oxygens (including phenoxy) is 1. The van der Waals surface area contributed by atoms with Crippen molar-refractivity contribution < 1.29 is 4.74 Å². The molecule has 1 saturated carbocycles. The summed E-state index contributed by atoms with van der Waals surface area (Å²) in [6.45, 7) is 5.80. The van der Waals surface area contributed by atoms with Gasteiger partial charge in [0.25, 0.3) is 0 Å². The predicted molar refractivity (Wildman–Crippen MR) is 91.7 cm³/mol. The SMILES string of the molecule is CCNC(=NCc1ccc(OC)nc1)NC1CC1C.I. The van der Waals surface area contributed by atoms with E-state index >= 15 is 0 Å². The highest BCUT2D eigenvalue weighted by atomic mass is 127. The van der Waals surface area contributed by atoms with Gasteiger partial charge in [0, 0.05) is 24.8 Å². The molecule has 2 unspecified atom stereocenters. The number of halogens is 1. The Kier molecular flexibility index (Phi) is 7.04. The Morgan fingerprint density at radius 2 is 2.25 bits per heavy atom. The van der Waals surface area contributed by atoms with Gasteiger partial charge in [-0.15, -0.1) is 24.0 Å². The molecule has 2 N–H and O–H groups in total. The third-order valence-electron chi connectivity index (χ3n) is 3.20. The Hall–Kier alpha value is -1.05. The lowest BCUT2D eigenvalue weighted by Crippen LogP contribution is -2.39. The van der Waals surface area contributed by atoms with Crippen molar-refractivity contribution in [3.05, 3.63) is 23.9 Å². The van der Waals surface area contributed by atoms with Gasteiger partial charge < -0.3 is 15.4 Å². The molecule has 1 aliphatic rings. The lowest BCUT2D eigenvalue weighted by atomic mass is 10.3. The van der Waals surface area contributed by atoms with Crippen LogP contribution in [0.3, 0.4) is 0 Å². The third-order valence-corrected chi connectivity index (χ3v) is 3.20. The quantitative estimate of drug-likeness (QED) is 0.460. The van der Waals surface area contributed by atoms with Crippen molar-refractivity contribution in [1.29, 1.82) is 0 Å². The van der Waals surface area contributed by atoms with Crippen LogP contribution in [0.25, 0.3) is 0 Å². The van der Waals surface area contributed by atoms with Gasteiger partial charge in [-0.2, -0.15) is 0 Å². The van der Waals surface area contributed by atoms with Crippen LogP contribution in [0.2, 0.25) is 0 Å². The van der Waals surface area contributed by atoms with Crippen molar-refractivity contribution in [2.45, 2.75) is 32.9 Å². The Labute approximate surface area is 137 Å². The van der Waals surface area contributed by atoms with Gasteiger partial charge in [-0.25, -0.2) is 9.98 Å². The number of hydrogen-bond acceptors (Lipinski definition) is 3. The van der Waals surface area contributed by atoms with Gasteiger partial charge in [0.1, 0.15) is 0 Å². The van der Waals surface area contributed by atoms with E-state index in [4.69, 9.17) is 4.74 Å². The fourth-order valence-corrected chi connectivity index (χ4v) is 1.81. The molecule has 1 aromatic heterocycles. The molecule has 0 spiro atoms. The molecule has 1 aromatic rings. The number of aliphatic imine (C=N–C) groups is 1. The highest BCUT2D eigenvalue weighted by Crippen LogP contribution is 2.28. The maximum absolute atomic E-state index is 5.03. The number of aromatic nitrogens is 1. The summed E-state index contributed by atoms with van der Waals surface area (Å²) in [5, 5.41) is 6.69. The van der Waals surface area contributed by atoms with Crippen LogP contribution in [0.4, 0.5) is 0 Å². The van der Waals surface area contributed by atoms with Crippen LogP contribution in [0.5, 0.6) is 5.88 Å². The number of nitrogens with one attached hydrogen (secondary N) is 2. The summed E-state index contributed by atoms with van der Waals surface area (Å²) in [4.78, 5) is 8.74. The Morgan fingerprint density at radius 3 is 2.75 bits per heavy atom. The molecular weight excluding hydrogens is 367 g/mol. The van der Waals surface area contributed by atoms with Crippen molar-refractivity contribution in [2.75, 3.05) is 13.7 Å². The second-order valence-electron chi connectivity index (χ2n) is 4.87. The van der Waals surface area contributed by atoms with E-state index in [1.54, 1.807) is 13.3 Å². The highest BCUT2D eigenvalue weighted by Gasteiger charge is 2.33. The third kappa shape index (κ3) is 5.15. The van der Waals surface area contributed by atoms with E-state index < -0.39 is 0 Å². The number of rotatable bonds is 5. The molecule has 2 atom stereocenters. The van der Waals surface area contributed by atoms with E-state index in [1.165, 1.54) is 6.42 Å². The minimum absolute atomic E-state index is 0. The van der Waals surface area contributed by atoms with Crippen molar-refractivity contribution in [1.82, 2.24) is 15.6 Å².